The summed E-state index contributed by atoms with van der Waals surface area (Å²) in [5.74, 6) is 1.79. The summed E-state index contributed by atoms with van der Waals surface area (Å²) < 4.78 is 8.33. The van der Waals surface area contributed by atoms with Crippen LogP contribution in [0, 0.1) is 11.7 Å². The van der Waals surface area contributed by atoms with Crippen LogP contribution < -0.4 is 10.2 Å². The predicted molar refractivity (Wildman–Crippen MR) is 106 cm³/mol. The molecule has 136 valence electrons. The Morgan fingerprint density at radius 1 is 1.15 bits per heavy atom. The molecule has 0 saturated carbocycles. The van der Waals surface area contributed by atoms with E-state index in [1.165, 1.54) is 11.1 Å². The number of aryl methyl sites for hydroxylation is 2. The summed E-state index contributed by atoms with van der Waals surface area (Å²) in [7, 11) is 0. The number of hydrogen-bond donors (Lipinski definition) is 2. The van der Waals surface area contributed by atoms with E-state index in [0.29, 0.717) is 17.9 Å². The van der Waals surface area contributed by atoms with Crippen LogP contribution in [0.2, 0.25) is 0 Å². The standard InChI is InChI=1S/C20H24N4OS/c1-3-6-19-22-23-20(26)24(19)21-13-16-9-11-18(12-10-16)25-14-17-8-5-4-7-15(17)2/h4-5,7-12,21H,3,6,13-14H2,1-2H3,(H,23,26). The third-order valence-electron chi connectivity index (χ3n) is 4.24. The second-order valence-electron chi connectivity index (χ2n) is 6.22. The molecular formula is C20H24N4OS. The zero-order valence-corrected chi connectivity index (χ0v) is 16.0. The highest BCUT2D eigenvalue weighted by Crippen LogP contribution is 2.16. The van der Waals surface area contributed by atoms with E-state index < -0.39 is 0 Å². The highest BCUT2D eigenvalue weighted by Gasteiger charge is 2.05. The fourth-order valence-corrected chi connectivity index (χ4v) is 2.91. The molecule has 1 aromatic heterocycles. The molecule has 0 radical (unpaired) electrons. The van der Waals surface area contributed by atoms with E-state index in [2.05, 4.69) is 53.7 Å². The molecule has 2 N–H and O–H groups in total. The first-order chi connectivity index (χ1) is 12.7. The molecule has 0 aliphatic rings. The van der Waals surface area contributed by atoms with Gasteiger partial charge in [-0.25, -0.2) is 4.68 Å². The maximum absolute atomic E-state index is 5.89. The van der Waals surface area contributed by atoms with Gasteiger partial charge in [-0.15, -0.1) is 0 Å². The normalized spacial score (nSPS) is 10.7. The highest BCUT2D eigenvalue weighted by molar-refractivity contribution is 7.71. The Hall–Kier alpha value is -2.60. The molecule has 3 aromatic rings. The third kappa shape index (κ3) is 4.52. The molecule has 0 unspecified atom stereocenters. The number of hydrogen-bond acceptors (Lipinski definition) is 4. The van der Waals surface area contributed by atoms with E-state index in [1.807, 2.05) is 28.9 Å². The average Bonchev–Trinajstić information content (AvgIpc) is 3.00. The van der Waals surface area contributed by atoms with E-state index in [-0.39, 0.29) is 0 Å². The molecule has 6 heteroatoms. The Kier molecular flexibility index (Phi) is 6.07. The van der Waals surface area contributed by atoms with E-state index in [4.69, 9.17) is 17.0 Å². The van der Waals surface area contributed by atoms with Gasteiger partial charge >= 0.3 is 0 Å². The van der Waals surface area contributed by atoms with Crippen LogP contribution in [-0.4, -0.2) is 14.9 Å². The summed E-state index contributed by atoms with van der Waals surface area (Å²) >= 11 is 5.28. The SMILES string of the molecule is CCCc1n[nH]c(=S)n1NCc1ccc(OCc2ccccc2C)cc1. The molecule has 0 aliphatic carbocycles. The van der Waals surface area contributed by atoms with Gasteiger partial charge in [-0.05, 0) is 54.4 Å². The summed E-state index contributed by atoms with van der Waals surface area (Å²) in [6.07, 6.45) is 1.90. The van der Waals surface area contributed by atoms with Gasteiger partial charge in [-0.2, -0.15) is 5.10 Å². The van der Waals surface area contributed by atoms with Gasteiger partial charge in [0.2, 0.25) is 4.77 Å². The first kappa shape index (κ1) is 18.2. The minimum atomic E-state index is 0.578. The van der Waals surface area contributed by atoms with Gasteiger partial charge in [0.05, 0.1) is 6.54 Å². The Balaban J connectivity index is 1.57. The van der Waals surface area contributed by atoms with E-state index in [9.17, 15) is 0 Å². The Morgan fingerprint density at radius 2 is 1.92 bits per heavy atom. The van der Waals surface area contributed by atoms with Crippen molar-refractivity contribution in [1.29, 1.82) is 0 Å². The van der Waals surface area contributed by atoms with Crippen molar-refractivity contribution in [2.75, 3.05) is 5.43 Å². The number of aromatic nitrogens is 3. The van der Waals surface area contributed by atoms with Crippen LogP contribution in [-0.2, 0) is 19.6 Å². The minimum absolute atomic E-state index is 0.578. The predicted octanol–water partition coefficient (Wildman–Crippen LogP) is 4.52. The zero-order valence-electron chi connectivity index (χ0n) is 15.2. The van der Waals surface area contributed by atoms with Gasteiger partial charge in [-0.3, -0.25) is 5.10 Å². The molecule has 0 bridgehead atoms. The van der Waals surface area contributed by atoms with E-state index in [0.717, 1.165) is 30.0 Å². The number of benzene rings is 2. The maximum Gasteiger partial charge on any atom is 0.214 e. The van der Waals surface area contributed by atoms with Crippen molar-refractivity contribution in [2.24, 2.45) is 0 Å². The number of aromatic amines is 1. The van der Waals surface area contributed by atoms with Crippen molar-refractivity contribution in [3.05, 3.63) is 75.8 Å². The van der Waals surface area contributed by atoms with Crippen LogP contribution in [0.15, 0.2) is 48.5 Å². The first-order valence-corrected chi connectivity index (χ1v) is 9.24. The lowest BCUT2D eigenvalue weighted by Gasteiger charge is -2.11. The molecule has 0 amide bonds. The topological polar surface area (TPSA) is 54.9 Å². The van der Waals surface area contributed by atoms with Crippen LogP contribution in [0.5, 0.6) is 5.75 Å². The second-order valence-corrected chi connectivity index (χ2v) is 6.61. The minimum Gasteiger partial charge on any atom is -0.489 e. The fourth-order valence-electron chi connectivity index (χ4n) is 2.69. The molecule has 0 saturated heterocycles. The quantitative estimate of drug-likeness (QED) is 0.574. The summed E-state index contributed by atoms with van der Waals surface area (Å²) in [5, 5.41) is 7.09. The van der Waals surface area contributed by atoms with Crippen LogP contribution in [0.1, 0.15) is 35.9 Å². The van der Waals surface area contributed by atoms with Gasteiger partial charge in [0.15, 0.2) is 5.82 Å². The van der Waals surface area contributed by atoms with Gasteiger partial charge in [0, 0.05) is 6.42 Å². The molecule has 1 heterocycles. The summed E-state index contributed by atoms with van der Waals surface area (Å²) in [5.41, 5.74) is 6.93. The van der Waals surface area contributed by atoms with Crippen LogP contribution in [0.4, 0.5) is 0 Å². The largest absolute Gasteiger partial charge is 0.489 e. The van der Waals surface area contributed by atoms with Gasteiger partial charge < -0.3 is 10.2 Å². The maximum atomic E-state index is 5.89. The Bertz CT molecular complexity index is 899. The van der Waals surface area contributed by atoms with E-state index >= 15 is 0 Å². The number of ether oxygens (including phenoxy) is 1. The molecule has 2 aromatic carbocycles. The van der Waals surface area contributed by atoms with Crippen LogP contribution >= 0.6 is 12.2 Å². The van der Waals surface area contributed by atoms with Crippen LogP contribution in [0.25, 0.3) is 0 Å². The Morgan fingerprint density at radius 3 is 2.65 bits per heavy atom. The smallest absolute Gasteiger partial charge is 0.214 e. The van der Waals surface area contributed by atoms with Crippen molar-refractivity contribution >= 4 is 12.2 Å². The zero-order chi connectivity index (χ0) is 18.4. The monoisotopic (exact) mass is 368 g/mol. The summed E-state index contributed by atoms with van der Waals surface area (Å²) in [4.78, 5) is 0. The molecule has 0 aliphatic heterocycles. The fraction of sp³-hybridized carbons (Fsp3) is 0.300. The highest BCUT2D eigenvalue weighted by atomic mass is 32.1. The lowest BCUT2D eigenvalue weighted by molar-refractivity contribution is 0.305. The average molecular weight is 369 g/mol. The lowest BCUT2D eigenvalue weighted by Crippen LogP contribution is -2.17. The van der Waals surface area contributed by atoms with Gasteiger partial charge in [0.25, 0.3) is 0 Å². The van der Waals surface area contributed by atoms with E-state index in [1.54, 1.807) is 0 Å². The summed E-state index contributed by atoms with van der Waals surface area (Å²) in [6.45, 7) is 5.47. The van der Waals surface area contributed by atoms with Crippen molar-refractivity contribution in [1.82, 2.24) is 14.9 Å². The third-order valence-corrected chi connectivity index (χ3v) is 4.51. The number of nitrogens with one attached hydrogen (secondary N) is 2. The number of rotatable bonds is 8. The molecule has 26 heavy (non-hydrogen) atoms. The number of nitrogens with zero attached hydrogens (tertiary/aromatic N) is 2. The van der Waals surface area contributed by atoms with Crippen molar-refractivity contribution in [2.45, 2.75) is 39.8 Å². The Labute approximate surface area is 159 Å². The van der Waals surface area contributed by atoms with Crippen LogP contribution in [0.3, 0.4) is 0 Å². The molecule has 0 spiro atoms. The molecule has 3 rings (SSSR count). The summed E-state index contributed by atoms with van der Waals surface area (Å²) in [6, 6.07) is 16.4. The molecule has 0 atom stereocenters. The molecule has 0 fully saturated rings. The van der Waals surface area contributed by atoms with Gasteiger partial charge in [-0.1, -0.05) is 43.3 Å². The molecular weight excluding hydrogens is 344 g/mol. The molecule has 5 nitrogen and oxygen atoms in total. The number of H-pyrrole nitrogens is 1. The van der Waals surface area contributed by atoms with Crippen molar-refractivity contribution < 1.29 is 4.74 Å². The lowest BCUT2D eigenvalue weighted by atomic mass is 10.1. The second kappa shape index (κ2) is 8.67. The van der Waals surface area contributed by atoms with Gasteiger partial charge in [0.1, 0.15) is 12.4 Å². The van der Waals surface area contributed by atoms with Crippen molar-refractivity contribution in [3.8, 4) is 5.75 Å². The first-order valence-electron chi connectivity index (χ1n) is 8.83. The van der Waals surface area contributed by atoms with Crippen molar-refractivity contribution in [3.63, 3.8) is 0 Å².